The van der Waals surface area contributed by atoms with E-state index in [0.29, 0.717) is 50.6 Å². The van der Waals surface area contributed by atoms with Crippen LogP contribution < -0.4 is 0 Å². The molecular formula is C25H39NO6. The predicted octanol–water partition coefficient (Wildman–Crippen LogP) is 3.56. The van der Waals surface area contributed by atoms with Crippen LogP contribution in [0.1, 0.15) is 65.7 Å². The maximum Gasteiger partial charge on any atom is 0.174 e. The lowest BCUT2D eigenvalue weighted by Crippen LogP contribution is -2.64. The van der Waals surface area contributed by atoms with Crippen molar-refractivity contribution in [3.63, 3.8) is 0 Å². The van der Waals surface area contributed by atoms with Gasteiger partial charge in [0.2, 0.25) is 0 Å². The molecule has 0 bridgehead atoms. The zero-order chi connectivity index (χ0) is 22.4. The van der Waals surface area contributed by atoms with Gasteiger partial charge in [0.15, 0.2) is 11.6 Å². The van der Waals surface area contributed by atoms with Gasteiger partial charge in [0.05, 0.1) is 38.2 Å². The average molecular weight is 450 g/mol. The lowest BCUT2D eigenvalue weighted by molar-refractivity contribution is -0.233. The quantitative estimate of drug-likeness (QED) is 0.470. The molecule has 0 aromatic heterocycles. The van der Waals surface area contributed by atoms with Crippen LogP contribution in [0.15, 0.2) is 5.16 Å². The number of ether oxygens (including phenoxy) is 4. The molecule has 6 rings (SSSR count). The van der Waals surface area contributed by atoms with Gasteiger partial charge in [-0.1, -0.05) is 19.0 Å². The number of aliphatic hydroxyl groups excluding tert-OH is 1. The molecule has 2 heterocycles. The molecule has 4 saturated carbocycles. The number of oxime groups is 1. The molecule has 0 aromatic rings. The van der Waals surface area contributed by atoms with Crippen molar-refractivity contribution in [1.29, 1.82) is 0 Å². The van der Waals surface area contributed by atoms with Crippen LogP contribution in [0.4, 0.5) is 0 Å². The summed E-state index contributed by atoms with van der Waals surface area (Å²) in [5, 5.41) is 25.7. The van der Waals surface area contributed by atoms with Gasteiger partial charge in [-0.25, -0.2) is 0 Å². The molecule has 7 nitrogen and oxygen atoms in total. The van der Waals surface area contributed by atoms with Crippen molar-refractivity contribution in [3.8, 4) is 0 Å². The molecule has 0 unspecified atom stereocenters. The fourth-order valence-electron chi connectivity index (χ4n) is 9.65. The van der Waals surface area contributed by atoms with E-state index in [1.807, 2.05) is 0 Å². The molecule has 7 heteroatoms. The average Bonchev–Trinajstić information content (AvgIpc) is 3.47. The number of fused-ring (bicyclic) bond motifs is 5. The Morgan fingerprint density at radius 2 is 1.56 bits per heavy atom. The van der Waals surface area contributed by atoms with Crippen molar-refractivity contribution in [2.75, 3.05) is 26.4 Å². The molecular weight excluding hydrogens is 410 g/mol. The van der Waals surface area contributed by atoms with Gasteiger partial charge in [0.1, 0.15) is 0 Å². The lowest BCUT2D eigenvalue weighted by atomic mass is 9.43. The minimum atomic E-state index is -0.642. The first-order valence-corrected chi connectivity index (χ1v) is 12.7. The van der Waals surface area contributed by atoms with Gasteiger partial charge in [0.25, 0.3) is 0 Å². The molecule has 2 aliphatic heterocycles. The Balaban J connectivity index is 1.34. The highest BCUT2D eigenvalue weighted by molar-refractivity contribution is 5.92. The van der Waals surface area contributed by atoms with E-state index in [4.69, 9.17) is 18.9 Å². The second-order valence-corrected chi connectivity index (χ2v) is 12.0. The standard InChI is InChI=1S/C25H39NO6/c1-22-13-18(27)21-16(17(22)6-7-19(22)24(3)29-8-9-30-24)5-4-15-12-25(31-10-11-32-25)14-20(26-28)23(15,21)2/h15-19,21,27-28H,4-14H2,1-3H3/b26-20-/t15-,16+,17+,18-,19-,21-,22-,23-/m0/s1. The molecule has 6 aliphatic rings. The van der Waals surface area contributed by atoms with Crippen LogP contribution in [0, 0.1) is 40.4 Å². The topological polar surface area (TPSA) is 89.7 Å². The Hall–Kier alpha value is -0.730. The molecule has 1 spiro atoms. The highest BCUT2D eigenvalue weighted by Gasteiger charge is 2.68. The summed E-state index contributed by atoms with van der Waals surface area (Å²) in [6.07, 6.45) is 6.03. The summed E-state index contributed by atoms with van der Waals surface area (Å²) >= 11 is 0. The third-order valence-electron chi connectivity index (χ3n) is 10.9. The van der Waals surface area contributed by atoms with E-state index < -0.39 is 17.7 Å². The monoisotopic (exact) mass is 449 g/mol. The highest BCUT2D eigenvalue weighted by atomic mass is 16.7. The van der Waals surface area contributed by atoms with Crippen LogP contribution in [0.25, 0.3) is 0 Å². The van der Waals surface area contributed by atoms with Gasteiger partial charge in [-0.05, 0) is 68.1 Å². The van der Waals surface area contributed by atoms with Crippen LogP contribution >= 0.6 is 0 Å². The SMILES string of the molecule is CC1([C@H]2CC[C@@H]3[C@H]4CC[C@H]5CC6(C/C(=N/O)[C@@]5(C)[C@@H]4[C@@H](O)C[C@@]32C)OCCO6)OCCO1. The molecule has 0 radical (unpaired) electrons. The summed E-state index contributed by atoms with van der Waals surface area (Å²) in [7, 11) is 0. The van der Waals surface area contributed by atoms with Crippen molar-refractivity contribution >= 4 is 5.71 Å². The summed E-state index contributed by atoms with van der Waals surface area (Å²) < 4.78 is 24.3. The Kier molecular flexibility index (Phi) is 4.86. The van der Waals surface area contributed by atoms with Crippen molar-refractivity contribution in [1.82, 2.24) is 0 Å². The smallest absolute Gasteiger partial charge is 0.174 e. The van der Waals surface area contributed by atoms with Crippen molar-refractivity contribution < 1.29 is 29.3 Å². The molecule has 180 valence electrons. The van der Waals surface area contributed by atoms with E-state index in [-0.39, 0.29) is 22.7 Å². The zero-order valence-corrected chi connectivity index (χ0v) is 19.7. The normalized spacial score (nSPS) is 52.7. The second kappa shape index (κ2) is 7.14. The van der Waals surface area contributed by atoms with Crippen molar-refractivity contribution in [2.24, 2.45) is 45.6 Å². The predicted molar refractivity (Wildman–Crippen MR) is 116 cm³/mol. The third-order valence-corrected chi connectivity index (χ3v) is 10.9. The maximum atomic E-state index is 11.8. The molecule has 2 N–H and O–H groups in total. The van der Waals surface area contributed by atoms with Gasteiger partial charge in [-0.15, -0.1) is 0 Å². The van der Waals surface area contributed by atoms with E-state index in [2.05, 4.69) is 25.9 Å². The van der Waals surface area contributed by atoms with Crippen LogP contribution in [0.5, 0.6) is 0 Å². The van der Waals surface area contributed by atoms with E-state index in [0.717, 1.165) is 44.2 Å². The van der Waals surface area contributed by atoms with Crippen LogP contribution in [0.2, 0.25) is 0 Å². The summed E-state index contributed by atoms with van der Waals surface area (Å²) in [4.78, 5) is 0. The fraction of sp³-hybridized carbons (Fsp3) is 0.960. The number of rotatable bonds is 1. The Labute approximate surface area is 190 Å². The largest absolute Gasteiger partial charge is 0.411 e. The highest BCUT2D eigenvalue weighted by Crippen LogP contribution is 2.69. The third kappa shape index (κ3) is 2.75. The molecule has 0 aromatic carbocycles. The maximum absolute atomic E-state index is 11.8. The first-order chi connectivity index (χ1) is 15.3. The number of hydrogen-bond donors (Lipinski definition) is 2. The van der Waals surface area contributed by atoms with Crippen LogP contribution in [0.3, 0.4) is 0 Å². The first kappa shape index (κ1) is 21.8. The van der Waals surface area contributed by atoms with Crippen molar-refractivity contribution in [2.45, 2.75) is 83.4 Å². The molecule has 8 atom stereocenters. The van der Waals surface area contributed by atoms with Gasteiger partial charge < -0.3 is 29.3 Å². The Morgan fingerprint density at radius 1 is 0.875 bits per heavy atom. The lowest BCUT2D eigenvalue weighted by Gasteiger charge is -2.63. The first-order valence-electron chi connectivity index (χ1n) is 12.7. The zero-order valence-electron chi connectivity index (χ0n) is 19.7. The van der Waals surface area contributed by atoms with Crippen LogP contribution in [-0.2, 0) is 18.9 Å². The Morgan fingerprint density at radius 3 is 2.25 bits per heavy atom. The van der Waals surface area contributed by atoms with Gasteiger partial charge in [-0.3, -0.25) is 0 Å². The van der Waals surface area contributed by atoms with E-state index in [1.54, 1.807) is 0 Å². The molecule has 4 aliphatic carbocycles. The summed E-state index contributed by atoms with van der Waals surface area (Å²) in [6, 6.07) is 0. The van der Waals surface area contributed by atoms with E-state index in [9.17, 15) is 10.3 Å². The second-order valence-electron chi connectivity index (χ2n) is 12.0. The fourth-order valence-corrected chi connectivity index (χ4v) is 9.65. The van der Waals surface area contributed by atoms with Crippen molar-refractivity contribution in [3.05, 3.63) is 0 Å². The minimum Gasteiger partial charge on any atom is -0.411 e. The van der Waals surface area contributed by atoms with Gasteiger partial charge in [-0.2, -0.15) is 0 Å². The van der Waals surface area contributed by atoms with E-state index in [1.165, 1.54) is 0 Å². The van der Waals surface area contributed by atoms with Gasteiger partial charge >= 0.3 is 0 Å². The number of hydrogen-bond acceptors (Lipinski definition) is 7. The Bertz CT molecular complexity index is 789. The summed E-state index contributed by atoms with van der Waals surface area (Å²) in [6.45, 7) is 9.23. The van der Waals surface area contributed by atoms with E-state index >= 15 is 0 Å². The molecule has 32 heavy (non-hydrogen) atoms. The van der Waals surface area contributed by atoms with Gasteiger partial charge in [0, 0.05) is 24.2 Å². The number of aliphatic hydroxyl groups is 1. The molecule has 6 fully saturated rings. The summed E-state index contributed by atoms with van der Waals surface area (Å²) in [5.74, 6) is 0.441. The minimum absolute atomic E-state index is 0.00699. The van der Waals surface area contributed by atoms with Crippen LogP contribution in [-0.4, -0.2) is 60.1 Å². The summed E-state index contributed by atoms with van der Waals surface area (Å²) in [5.41, 5.74) is 0.422. The number of nitrogens with zero attached hydrogens (tertiary/aromatic N) is 1. The molecule has 2 saturated heterocycles. The molecule has 0 amide bonds.